The molecule has 2 heterocycles. The second kappa shape index (κ2) is 8.96. The Morgan fingerprint density at radius 2 is 2.11 bits per heavy atom. The number of hydrogen-bond donors (Lipinski definition) is 2. The lowest BCUT2D eigenvalue weighted by atomic mass is 9.83. The third-order valence-electron chi connectivity index (χ3n) is 5.25. The highest BCUT2D eigenvalue weighted by Gasteiger charge is 2.35. The van der Waals surface area contributed by atoms with Crippen molar-refractivity contribution in [2.45, 2.75) is 37.8 Å². The van der Waals surface area contributed by atoms with Crippen molar-refractivity contribution in [2.75, 3.05) is 13.7 Å². The third-order valence-corrected chi connectivity index (χ3v) is 5.25. The van der Waals surface area contributed by atoms with Crippen LogP contribution in [0.25, 0.3) is 0 Å². The summed E-state index contributed by atoms with van der Waals surface area (Å²) in [5.41, 5.74) is 0. The summed E-state index contributed by atoms with van der Waals surface area (Å²) in [6, 6.07) is -0.238. The summed E-state index contributed by atoms with van der Waals surface area (Å²) >= 11 is 0. The fourth-order valence-electron chi connectivity index (χ4n) is 3.61. The molecule has 0 aliphatic heterocycles. The van der Waals surface area contributed by atoms with Crippen molar-refractivity contribution in [3.05, 3.63) is 30.4 Å². The molecule has 2 N–H and O–H groups in total. The number of carbonyl (C=O) groups is 2. The third kappa shape index (κ3) is 4.56. The maximum atomic E-state index is 12.6. The Morgan fingerprint density at radius 3 is 2.75 bits per heavy atom. The van der Waals surface area contributed by atoms with Gasteiger partial charge in [-0.3, -0.25) is 9.59 Å². The van der Waals surface area contributed by atoms with Gasteiger partial charge in [0.05, 0.1) is 12.1 Å². The quantitative estimate of drug-likeness (QED) is 0.679. The average Bonchev–Trinajstić information content (AvgIpc) is 3.29. The highest BCUT2D eigenvalue weighted by molar-refractivity contribution is 5.91. The minimum absolute atomic E-state index is 0.00652. The zero-order valence-electron chi connectivity index (χ0n) is 16.5. The van der Waals surface area contributed by atoms with Crippen molar-refractivity contribution in [2.24, 2.45) is 20.0 Å². The number of rotatable bonds is 7. The lowest BCUT2D eigenvalue weighted by Gasteiger charge is -2.35. The highest BCUT2D eigenvalue weighted by Crippen LogP contribution is 2.27. The molecule has 2 aromatic rings. The van der Waals surface area contributed by atoms with E-state index in [1.54, 1.807) is 37.4 Å². The van der Waals surface area contributed by atoms with Crippen molar-refractivity contribution in [1.29, 1.82) is 0 Å². The molecule has 1 saturated carbocycles. The van der Waals surface area contributed by atoms with E-state index in [4.69, 9.17) is 4.74 Å². The Kier molecular flexibility index (Phi) is 6.40. The molecule has 1 fully saturated rings. The van der Waals surface area contributed by atoms with E-state index in [0.29, 0.717) is 31.6 Å². The molecule has 3 rings (SSSR count). The first-order valence-electron chi connectivity index (χ1n) is 9.41. The van der Waals surface area contributed by atoms with E-state index in [-0.39, 0.29) is 29.9 Å². The summed E-state index contributed by atoms with van der Waals surface area (Å²) in [4.78, 5) is 29.2. The molecule has 3 atom stereocenters. The molecule has 0 saturated heterocycles. The summed E-state index contributed by atoms with van der Waals surface area (Å²) in [7, 11) is 5.27. The van der Waals surface area contributed by atoms with Crippen LogP contribution in [0.3, 0.4) is 0 Å². The van der Waals surface area contributed by atoms with Gasteiger partial charge >= 0.3 is 0 Å². The zero-order chi connectivity index (χ0) is 20.1. The van der Waals surface area contributed by atoms with E-state index in [2.05, 4.69) is 25.8 Å². The molecule has 28 heavy (non-hydrogen) atoms. The van der Waals surface area contributed by atoms with E-state index in [9.17, 15) is 9.59 Å². The second-order valence-electron chi connectivity index (χ2n) is 7.12. The van der Waals surface area contributed by atoms with Crippen LogP contribution in [0.2, 0.25) is 0 Å². The van der Waals surface area contributed by atoms with Crippen LogP contribution in [0.15, 0.2) is 18.7 Å². The SMILES string of the molecule is CO[C@@H]1CC[C@H](C(=O)NCCc2nncn2C)C[C@H]1NC(=O)c1nccn1C. The molecule has 0 aromatic carbocycles. The smallest absolute Gasteiger partial charge is 0.287 e. The van der Waals surface area contributed by atoms with Crippen LogP contribution in [0.1, 0.15) is 35.7 Å². The van der Waals surface area contributed by atoms with Gasteiger partial charge in [0.2, 0.25) is 5.91 Å². The minimum atomic E-state index is -0.261. The Balaban J connectivity index is 1.54. The van der Waals surface area contributed by atoms with Gasteiger partial charge in [0.1, 0.15) is 12.2 Å². The second-order valence-corrected chi connectivity index (χ2v) is 7.12. The first-order chi connectivity index (χ1) is 13.5. The van der Waals surface area contributed by atoms with E-state index in [0.717, 1.165) is 12.2 Å². The maximum absolute atomic E-state index is 12.6. The highest BCUT2D eigenvalue weighted by atomic mass is 16.5. The van der Waals surface area contributed by atoms with Crippen molar-refractivity contribution >= 4 is 11.8 Å². The summed E-state index contributed by atoms with van der Waals surface area (Å²) < 4.78 is 9.03. The van der Waals surface area contributed by atoms with Gasteiger partial charge in [-0.2, -0.15) is 0 Å². The maximum Gasteiger partial charge on any atom is 0.287 e. The summed E-state index contributed by atoms with van der Waals surface area (Å²) in [5.74, 6) is 0.724. The Labute approximate surface area is 163 Å². The Morgan fingerprint density at radius 1 is 1.29 bits per heavy atom. The molecule has 2 aromatic heterocycles. The lowest BCUT2D eigenvalue weighted by molar-refractivity contribution is -0.127. The standard InChI is InChI=1S/C18H27N7O3/c1-24-9-8-19-16(24)18(27)22-13-10-12(4-5-14(13)28-3)17(26)20-7-6-15-23-21-11-25(15)2/h8-9,11-14H,4-7,10H2,1-3H3,(H,20,26)(H,22,27)/t12-,13+,14+/m0/s1. The number of nitrogens with one attached hydrogen (secondary N) is 2. The zero-order valence-corrected chi connectivity index (χ0v) is 16.5. The molecular weight excluding hydrogens is 362 g/mol. The summed E-state index contributed by atoms with van der Waals surface area (Å²) in [6.07, 6.45) is 7.41. The minimum Gasteiger partial charge on any atom is -0.379 e. The lowest BCUT2D eigenvalue weighted by Crippen LogP contribution is -2.50. The number of hydrogen-bond acceptors (Lipinski definition) is 6. The number of imidazole rings is 1. The van der Waals surface area contributed by atoms with Gasteiger partial charge in [-0.25, -0.2) is 4.98 Å². The number of aromatic nitrogens is 5. The van der Waals surface area contributed by atoms with Crippen molar-refractivity contribution in [3.63, 3.8) is 0 Å². The number of ether oxygens (including phenoxy) is 1. The molecule has 1 aliphatic carbocycles. The molecule has 0 unspecified atom stereocenters. The predicted molar refractivity (Wildman–Crippen MR) is 100 cm³/mol. The molecule has 2 amide bonds. The molecule has 152 valence electrons. The monoisotopic (exact) mass is 389 g/mol. The Bertz CT molecular complexity index is 816. The number of carbonyl (C=O) groups excluding carboxylic acids is 2. The topological polar surface area (TPSA) is 116 Å². The van der Waals surface area contributed by atoms with E-state index in [1.165, 1.54) is 0 Å². The van der Waals surface area contributed by atoms with Gasteiger partial charge in [-0.15, -0.1) is 10.2 Å². The van der Waals surface area contributed by atoms with Crippen LogP contribution in [0, 0.1) is 5.92 Å². The molecule has 0 bridgehead atoms. The van der Waals surface area contributed by atoms with Crippen LogP contribution in [-0.2, 0) is 30.0 Å². The largest absolute Gasteiger partial charge is 0.379 e. The van der Waals surface area contributed by atoms with Crippen LogP contribution in [0.4, 0.5) is 0 Å². The molecule has 1 aliphatic rings. The first-order valence-corrected chi connectivity index (χ1v) is 9.41. The van der Waals surface area contributed by atoms with Gasteiger partial charge in [0.15, 0.2) is 5.82 Å². The van der Waals surface area contributed by atoms with Crippen molar-refractivity contribution in [3.8, 4) is 0 Å². The first kappa shape index (κ1) is 20.0. The number of nitrogens with zero attached hydrogens (tertiary/aromatic N) is 5. The van der Waals surface area contributed by atoms with Crippen LogP contribution in [-0.4, -0.2) is 61.9 Å². The van der Waals surface area contributed by atoms with Crippen LogP contribution in [0.5, 0.6) is 0 Å². The molecule has 10 heteroatoms. The number of methoxy groups -OCH3 is 1. The van der Waals surface area contributed by atoms with E-state index in [1.807, 2.05) is 11.6 Å². The van der Waals surface area contributed by atoms with Gasteiger partial charge < -0.3 is 24.5 Å². The molecule has 0 radical (unpaired) electrons. The number of aryl methyl sites for hydroxylation is 2. The van der Waals surface area contributed by atoms with Gasteiger partial charge in [-0.1, -0.05) is 0 Å². The van der Waals surface area contributed by atoms with E-state index < -0.39 is 0 Å². The molecular formula is C18H27N7O3. The van der Waals surface area contributed by atoms with Gasteiger partial charge in [0, 0.05) is 52.5 Å². The van der Waals surface area contributed by atoms with Crippen LogP contribution < -0.4 is 10.6 Å². The fourth-order valence-corrected chi connectivity index (χ4v) is 3.61. The predicted octanol–water partition coefficient (Wildman–Crippen LogP) is -0.179. The number of amides is 2. The average molecular weight is 389 g/mol. The molecule has 10 nitrogen and oxygen atoms in total. The summed E-state index contributed by atoms with van der Waals surface area (Å²) in [6.45, 7) is 0.500. The van der Waals surface area contributed by atoms with Gasteiger partial charge in [-0.05, 0) is 19.3 Å². The van der Waals surface area contributed by atoms with Crippen molar-refractivity contribution in [1.82, 2.24) is 34.9 Å². The fraction of sp³-hybridized carbons (Fsp3) is 0.611. The Hall–Kier alpha value is -2.75. The van der Waals surface area contributed by atoms with Crippen LogP contribution >= 0.6 is 0 Å². The van der Waals surface area contributed by atoms with Crippen molar-refractivity contribution < 1.29 is 14.3 Å². The van der Waals surface area contributed by atoms with E-state index >= 15 is 0 Å². The molecule has 0 spiro atoms. The van der Waals surface area contributed by atoms with Gasteiger partial charge in [0.25, 0.3) is 5.91 Å². The normalized spacial score (nSPS) is 22.0. The summed E-state index contributed by atoms with van der Waals surface area (Å²) in [5, 5.41) is 13.8.